The topological polar surface area (TPSA) is 115 Å². The van der Waals surface area contributed by atoms with Crippen LogP contribution in [0.1, 0.15) is 43.7 Å². The van der Waals surface area contributed by atoms with Gasteiger partial charge in [0.1, 0.15) is 12.1 Å². The van der Waals surface area contributed by atoms with Crippen molar-refractivity contribution < 1.29 is 33.1 Å². The lowest BCUT2D eigenvalue weighted by Crippen LogP contribution is -2.45. The van der Waals surface area contributed by atoms with E-state index in [1.165, 1.54) is 24.3 Å². The van der Waals surface area contributed by atoms with Gasteiger partial charge in [-0.15, -0.1) is 0 Å². The van der Waals surface area contributed by atoms with Gasteiger partial charge in [-0.2, -0.15) is 0 Å². The Kier molecular flexibility index (Phi) is 7.60. The molecule has 9 nitrogen and oxygen atoms in total. The van der Waals surface area contributed by atoms with Gasteiger partial charge in [-0.05, 0) is 37.3 Å². The number of esters is 2. The molecule has 1 aliphatic rings. The van der Waals surface area contributed by atoms with Gasteiger partial charge in [-0.3, -0.25) is 9.59 Å². The molecule has 2 amide bonds. The Morgan fingerprint density at radius 2 is 2.07 bits per heavy atom. The lowest BCUT2D eigenvalue weighted by Gasteiger charge is -2.22. The van der Waals surface area contributed by atoms with E-state index in [4.69, 9.17) is 9.15 Å². The monoisotopic (exact) mass is 394 g/mol. The van der Waals surface area contributed by atoms with Crippen LogP contribution in [0.25, 0.3) is 0 Å². The van der Waals surface area contributed by atoms with Crippen LogP contribution in [0.3, 0.4) is 0 Å². The summed E-state index contributed by atoms with van der Waals surface area (Å²) in [6.45, 7) is 3.69. The molecule has 0 saturated carbocycles. The van der Waals surface area contributed by atoms with Crippen molar-refractivity contribution in [2.45, 2.75) is 45.2 Å². The zero-order valence-electron chi connectivity index (χ0n) is 16.3. The summed E-state index contributed by atoms with van der Waals surface area (Å²) in [6.07, 6.45) is 2.89. The Balaban J connectivity index is 1.88. The maximum Gasteiger partial charge on any atom is 0.329 e. The molecule has 0 bridgehead atoms. The second kappa shape index (κ2) is 9.91. The van der Waals surface area contributed by atoms with E-state index in [2.05, 4.69) is 10.1 Å². The first kappa shape index (κ1) is 21.5. The molecule has 1 aromatic rings. The van der Waals surface area contributed by atoms with Gasteiger partial charge in [0.05, 0.1) is 13.4 Å². The van der Waals surface area contributed by atoms with E-state index in [9.17, 15) is 19.2 Å². The van der Waals surface area contributed by atoms with Gasteiger partial charge < -0.3 is 24.1 Å². The van der Waals surface area contributed by atoms with Crippen molar-refractivity contribution in [3.63, 3.8) is 0 Å². The first-order valence-corrected chi connectivity index (χ1v) is 9.21. The van der Waals surface area contributed by atoms with Crippen molar-refractivity contribution in [3.05, 3.63) is 24.2 Å². The van der Waals surface area contributed by atoms with E-state index in [0.717, 1.165) is 0 Å². The number of rotatable bonds is 8. The van der Waals surface area contributed by atoms with Gasteiger partial charge >= 0.3 is 11.9 Å². The van der Waals surface area contributed by atoms with Gasteiger partial charge in [0.15, 0.2) is 12.4 Å². The minimum absolute atomic E-state index is 0.145. The zero-order valence-corrected chi connectivity index (χ0v) is 16.3. The van der Waals surface area contributed by atoms with E-state index in [0.29, 0.717) is 25.8 Å². The summed E-state index contributed by atoms with van der Waals surface area (Å²) in [5.74, 6) is -1.91. The average molecular weight is 394 g/mol. The normalized spacial score (nSPS) is 17.3. The van der Waals surface area contributed by atoms with Gasteiger partial charge in [0, 0.05) is 6.54 Å². The van der Waals surface area contributed by atoms with Crippen molar-refractivity contribution in [2.75, 3.05) is 20.3 Å². The lowest BCUT2D eigenvalue weighted by atomic mass is 10.0. The molecule has 1 N–H and O–H groups in total. The summed E-state index contributed by atoms with van der Waals surface area (Å²) in [6, 6.07) is 1.55. The predicted octanol–water partition coefficient (Wildman–Crippen LogP) is 1.13. The lowest BCUT2D eigenvalue weighted by molar-refractivity contribution is -0.153. The number of likely N-dealkylation sites (tertiary alicyclic amines) is 1. The first-order valence-electron chi connectivity index (χ1n) is 9.21. The number of amides is 2. The van der Waals surface area contributed by atoms with Gasteiger partial charge in [-0.25, -0.2) is 9.59 Å². The summed E-state index contributed by atoms with van der Waals surface area (Å²) in [5.41, 5.74) is 0. The fraction of sp³-hybridized carbons (Fsp3) is 0.579. The molecule has 1 unspecified atom stereocenters. The molecular weight excluding hydrogens is 368 g/mol. The third kappa shape index (κ3) is 5.58. The Morgan fingerprint density at radius 1 is 1.32 bits per heavy atom. The van der Waals surface area contributed by atoms with Crippen molar-refractivity contribution in [2.24, 2.45) is 5.92 Å². The molecule has 1 fully saturated rings. The molecule has 2 heterocycles. The van der Waals surface area contributed by atoms with Gasteiger partial charge in [-0.1, -0.05) is 13.8 Å². The summed E-state index contributed by atoms with van der Waals surface area (Å²) in [7, 11) is 1.24. The predicted molar refractivity (Wildman–Crippen MR) is 97.1 cm³/mol. The largest absolute Gasteiger partial charge is 0.467 e. The number of nitrogens with zero attached hydrogens (tertiary/aromatic N) is 1. The minimum atomic E-state index is -0.806. The highest BCUT2D eigenvalue weighted by Crippen LogP contribution is 2.21. The number of carbonyl (C=O) groups is 4. The maximum atomic E-state index is 12.4. The van der Waals surface area contributed by atoms with Crippen LogP contribution in [0, 0.1) is 5.92 Å². The van der Waals surface area contributed by atoms with E-state index in [1.54, 1.807) is 6.07 Å². The molecule has 0 aromatic carbocycles. The van der Waals surface area contributed by atoms with Crippen molar-refractivity contribution in [1.82, 2.24) is 10.2 Å². The molecule has 0 radical (unpaired) electrons. The summed E-state index contributed by atoms with van der Waals surface area (Å²) >= 11 is 0. The van der Waals surface area contributed by atoms with Crippen molar-refractivity contribution in [3.8, 4) is 0 Å². The fourth-order valence-electron chi connectivity index (χ4n) is 3.09. The Hall–Kier alpha value is -2.84. The van der Waals surface area contributed by atoms with Crippen LogP contribution in [0.15, 0.2) is 22.8 Å². The number of furan rings is 1. The Bertz CT molecular complexity index is 699. The zero-order chi connectivity index (χ0) is 20.7. The number of nitrogens with one attached hydrogen (secondary N) is 1. The highest BCUT2D eigenvalue weighted by atomic mass is 16.5. The van der Waals surface area contributed by atoms with Crippen molar-refractivity contribution in [1.29, 1.82) is 0 Å². The van der Waals surface area contributed by atoms with Gasteiger partial charge in [0.25, 0.3) is 11.8 Å². The second-order valence-electron chi connectivity index (χ2n) is 7.01. The van der Waals surface area contributed by atoms with Crippen LogP contribution in [-0.4, -0.2) is 61.0 Å². The molecule has 1 aromatic heterocycles. The van der Waals surface area contributed by atoms with Crippen LogP contribution in [0.5, 0.6) is 0 Å². The van der Waals surface area contributed by atoms with E-state index >= 15 is 0 Å². The molecule has 0 spiro atoms. The molecule has 28 heavy (non-hydrogen) atoms. The van der Waals surface area contributed by atoms with Crippen LogP contribution in [0.2, 0.25) is 0 Å². The number of carbonyl (C=O) groups excluding carboxylic acids is 4. The van der Waals surface area contributed by atoms with Crippen molar-refractivity contribution >= 4 is 23.8 Å². The molecule has 154 valence electrons. The standard InChI is InChI=1S/C19H26N2O7/c1-12(2)10-13(18(24)26-3)20-16(22)11-28-19(25)14-6-4-8-21(14)17(23)15-7-5-9-27-15/h5,7,9,12-14H,4,6,8,10-11H2,1-3H3,(H,20,22)/t13?,14-/m0/s1. The van der Waals surface area contributed by atoms with Gasteiger partial charge in [0.2, 0.25) is 0 Å². The average Bonchev–Trinajstić information content (AvgIpc) is 3.35. The Labute approximate surface area is 163 Å². The molecule has 2 atom stereocenters. The second-order valence-corrected chi connectivity index (χ2v) is 7.01. The maximum absolute atomic E-state index is 12.4. The summed E-state index contributed by atoms with van der Waals surface area (Å²) in [5, 5.41) is 2.52. The quantitative estimate of drug-likeness (QED) is 0.657. The highest BCUT2D eigenvalue weighted by Gasteiger charge is 2.37. The highest BCUT2D eigenvalue weighted by molar-refractivity contribution is 5.95. The smallest absolute Gasteiger partial charge is 0.329 e. The number of hydrogen-bond acceptors (Lipinski definition) is 7. The third-order valence-electron chi connectivity index (χ3n) is 4.39. The summed E-state index contributed by atoms with van der Waals surface area (Å²) < 4.78 is 14.9. The Morgan fingerprint density at radius 3 is 2.68 bits per heavy atom. The molecule has 9 heteroatoms. The number of methoxy groups -OCH3 is 1. The molecule has 1 aliphatic heterocycles. The van der Waals surface area contributed by atoms with Crippen LogP contribution in [0.4, 0.5) is 0 Å². The van der Waals surface area contributed by atoms with Crippen LogP contribution < -0.4 is 5.32 Å². The first-order chi connectivity index (χ1) is 13.3. The van der Waals surface area contributed by atoms with Crippen LogP contribution >= 0.6 is 0 Å². The molecule has 0 aliphatic carbocycles. The van der Waals surface area contributed by atoms with Crippen LogP contribution in [-0.2, 0) is 23.9 Å². The third-order valence-corrected chi connectivity index (χ3v) is 4.39. The molecule has 2 rings (SSSR count). The van der Waals surface area contributed by atoms with E-state index < -0.39 is 42.4 Å². The molecule has 1 saturated heterocycles. The SMILES string of the molecule is COC(=O)C(CC(C)C)NC(=O)COC(=O)[C@@H]1CCCN1C(=O)c1ccco1. The van der Waals surface area contributed by atoms with E-state index in [-0.39, 0.29) is 11.7 Å². The summed E-state index contributed by atoms with van der Waals surface area (Å²) in [4.78, 5) is 50.0. The number of hydrogen-bond donors (Lipinski definition) is 1. The van der Waals surface area contributed by atoms with E-state index in [1.807, 2.05) is 13.8 Å². The minimum Gasteiger partial charge on any atom is -0.467 e. The molecular formula is C19H26N2O7. The fourth-order valence-corrected chi connectivity index (χ4v) is 3.09. The number of ether oxygens (including phenoxy) is 2.